The number of nitrogen functional groups attached to an aromatic ring is 1. The molecule has 9 nitrogen and oxygen atoms in total. The molecular formula is C12H18N8O. The molecule has 0 bridgehead atoms. The first kappa shape index (κ1) is 14.7. The van der Waals surface area contributed by atoms with Crippen LogP contribution in [0.15, 0.2) is 18.5 Å². The third-order valence-electron chi connectivity index (χ3n) is 2.83. The smallest absolute Gasteiger partial charge is 0.257 e. The van der Waals surface area contributed by atoms with Gasteiger partial charge in [-0.1, -0.05) is 0 Å². The van der Waals surface area contributed by atoms with E-state index < -0.39 is 0 Å². The van der Waals surface area contributed by atoms with E-state index in [1.54, 1.807) is 37.5 Å². The van der Waals surface area contributed by atoms with Crippen molar-refractivity contribution in [3.8, 4) is 5.95 Å². The van der Waals surface area contributed by atoms with Crippen molar-refractivity contribution < 1.29 is 4.79 Å². The molecule has 1 amide bonds. The molecule has 112 valence electrons. The Labute approximate surface area is 122 Å². The number of nitrogens with two attached hydrogens (primary N) is 1. The molecule has 0 aliphatic heterocycles. The van der Waals surface area contributed by atoms with E-state index in [9.17, 15) is 4.79 Å². The van der Waals surface area contributed by atoms with E-state index in [4.69, 9.17) is 5.73 Å². The average Bonchev–Trinajstić information content (AvgIpc) is 2.97. The van der Waals surface area contributed by atoms with Gasteiger partial charge in [-0.25, -0.2) is 4.68 Å². The second kappa shape index (κ2) is 6.16. The van der Waals surface area contributed by atoms with Crippen molar-refractivity contribution in [3.63, 3.8) is 0 Å². The van der Waals surface area contributed by atoms with Crippen LogP contribution in [0.1, 0.15) is 6.92 Å². The molecule has 0 atom stereocenters. The van der Waals surface area contributed by atoms with Gasteiger partial charge >= 0.3 is 0 Å². The van der Waals surface area contributed by atoms with Crippen molar-refractivity contribution in [1.82, 2.24) is 29.6 Å². The van der Waals surface area contributed by atoms with E-state index in [-0.39, 0.29) is 18.4 Å². The lowest BCUT2D eigenvalue weighted by Crippen LogP contribution is -2.37. The highest BCUT2D eigenvalue weighted by molar-refractivity contribution is 5.80. The zero-order valence-corrected chi connectivity index (χ0v) is 12.3. The minimum Gasteiger partial charge on any atom is -0.368 e. The Balaban J connectivity index is 2.31. The number of aromatic nitrogens is 5. The number of rotatable bonds is 5. The maximum atomic E-state index is 11.8. The Morgan fingerprint density at radius 2 is 2.10 bits per heavy atom. The van der Waals surface area contributed by atoms with Crippen molar-refractivity contribution in [2.45, 2.75) is 6.92 Å². The van der Waals surface area contributed by atoms with E-state index in [2.05, 4.69) is 20.1 Å². The van der Waals surface area contributed by atoms with E-state index in [1.807, 2.05) is 6.92 Å². The van der Waals surface area contributed by atoms with Crippen LogP contribution < -0.4 is 10.6 Å². The molecule has 0 saturated heterocycles. The molecule has 2 heterocycles. The van der Waals surface area contributed by atoms with Crippen molar-refractivity contribution in [2.75, 3.05) is 37.8 Å². The van der Waals surface area contributed by atoms with Gasteiger partial charge in [-0.3, -0.25) is 4.79 Å². The minimum absolute atomic E-state index is 0.0449. The number of hydrogen-bond acceptors (Lipinski definition) is 7. The first-order valence-corrected chi connectivity index (χ1v) is 6.48. The number of anilines is 2. The Morgan fingerprint density at radius 3 is 2.67 bits per heavy atom. The van der Waals surface area contributed by atoms with Crippen LogP contribution in [0.4, 0.5) is 11.9 Å². The summed E-state index contributed by atoms with van der Waals surface area (Å²) in [5, 5.41) is 4.06. The molecule has 0 saturated carbocycles. The fraction of sp³-hybridized carbons (Fsp3) is 0.417. The largest absolute Gasteiger partial charge is 0.368 e. The van der Waals surface area contributed by atoms with Crippen LogP contribution in [-0.2, 0) is 4.79 Å². The molecule has 2 aromatic heterocycles. The summed E-state index contributed by atoms with van der Waals surface area (Å²) in [5.41, 5.74) is 5.72. The van der Waals surface area contributed by atoms with Crippen LogP contribution in [0.2, 0.25) is 0 Å². The van der Waals surface area contributed by atoms with Crippen LogP contribution in [0.25, 0.3) is 5.95 Å². The summed E-state index contributed by atoms with van der Waals surface area (Å²) in [6, 6.07) is 1.76. The fourth-order valence-corrected chi connectivity index (χ4v) is 1.63. The Kier molecular flexibility index (Phi) is 4.31. The highest BCUT2D eigenvalue weighted by atomic mass is 16.2. The van der Waals surface area contributed by atoms with Crippen LogP contribution in [0, 0.1) is 0 Å². The normalized spacial score (nSPS) is 10.4. The van der Waals surface area contributed by atoms with E-state index >= 15 is 0 Å². The van der Waals surface area contributed by atoms with Gasteiger partial charge in [0.15, 0.2) is 0 Å². The molecule has 0 radical (unpaired) electrons. The summed E-state index contributed by atoms with van der Waals surface area (Å²) in [6.45, 7) is 2.66. The molecule has 0 fully saturated rings. The lowest BCUT2D eigenvalue weighted by Gasteiger charge is -2.22. The summed E-state index contributed by atoms with van der Waals surface area (Å²) < 4.78 is 1.49. The van der Waals surface area contributed by atoms with Gasteiger partial charge in [-0.2, -0.15) is 20.1 Å². The van der Waals surface area contributed by atoms with Gasteiger partial charge in [0, 0.05) is 33.0 Å². The third kappa shape index (κ3) is 3.44. The van der Waals surface area contributed by atoms with Gasteiger partial charge in [-0.05, 0) is 13.0 Å². The number of nitrogens with zero attached hydrogens (tertiary/aromatic N) is 7. The third-order valence-corrected chi connectivity index (χ3v) is 2.83. The van der Waals surface area contributed by atoms with Crippen molar-refractivity contribution in [3.05, 3.63) is 18.5 Å². The monoisotopic (exact) mass is 290 g/mol. The SMILES string of the molecule is CCN(CC(=O)N(C)C)c1nc(N)nc(-n2cccn2)n1. The summed E-state index contributed by atoms with van der Waals surface area (Å²) in [4.78, 5) is 27.5. The molecule has 0 spiro atoms. The van der Waals surface area contributed by atoms with Crippen molar-refractivity contribution >= 4 is 17.8 Å². The molecule has 0 unspecified atom stereocenters. The van der Waals surface area contributed by atoms with Gasteiger partial charge in [0.25, 0.3) is 5.95 Å². The van der Waals surface area contributed by atoms with Gasteiger partial charge in [0.1, 0.15) is 0 Å². The Morgan fingerprint density at radius 1 is 1.33 bits per heavy atom. The molecule has 2 rings (SSSR count). The molecule has 2 aromatic rings. The summed E-state index contributed by atoms with van der Waals surface area (Å²) in [6.07, 6.45) is 3.33. The lowest BCUT2D eigenvalue weighted by atomic mass is 10.4. The molecule has 21 heavy (non-hydrogen) atoms. The molecular weight excluding hydrogens is 272 g/mol. The van der Waals surface area contributed by atoms with Gasteiger partial charge in [-0.15, -0.1) is 0 Å². The van der Waals surface area contributed by atoms with Crippen LogP contribution >= 0.6 is 0 Å². The van der Waals surface area contributed by atoms with Gasteiger partial charge in [0.2, 0.25) is 17.8 Å². The summed E-state index contributed by atoms with van der Waals surface area (Å²) >= 11 is 0. The number of carbonyl (C=O) groups is 1. The molecule has 0 aromatic carbocycles. The second-order valence-corrected chi connectivity index (χ2v) is 4.55. The maximum absolute atomic E-state index is 11.8. The van der Waals surface area contributed by atoms with E-state index in [0.29, 0.717) is 18.4 Å². The molecule has 0 aliphatic rings. The van der Waals surface area contributed by atoms with E-state index in [1.165, 1.54) is 9.58 Å². The Bertz CT molecular complexity index is 610. The molecule has 2 N–H and O–H groups in total. The van der Waals surface area contributed by atoms with Crippen LogP contribution in [-0.4, -0.2) is 62.7 Å². The van der Waals surface area contributed by atoms with Crippen molar-refractivity contribution in [1.29, 1.82) is 0 Å². The van der Waals surface area contributed by atoms with Crippen LogP contribution in [0.3, 0.4) is 0 Å². The predicted octanol–water partition coefficient (Wildman–Crippen LogP) is -0.446. The van der Waals surface area contributed by atoms with E-state index in [0.717, 1.165) is 0 Å². The van der Waals surface area contributed by atoms with Gasteiger partial charge < -0.3 is 15.5 Å². The molecule has 0 aliphatic carbocycles. The first-order valence-electron chi connectivity index (χ1n) is 6.48. The Hall–Kier alpha value is -2.71. The highest BCUT2D eigenvalue weighted by Gasteiger charge is 2.16. The quantitative estimate of drug-likeness (QED) is 0.795. The summed E-state index contributed by atoms with van der Waals surface area (Å²) in [7, 11) is 3.40. The van der Waals surface area contributed by atoms with Crippen molar-refractivity contribution in [2.24, 2.45) is 0 Å². The highest BCUT2D eigenvalue weighted by Crippen LogP contribution is 2.11. The topological polar surface area (TPSA) is 106 Å². The molecule has 9 heteroatoms. The standard InChI is InChI=1S/C12H18N8O/c1-4-19(8-9(21)18(2)3)11-15-10(13)16-12(17-11)20-7-5-6-14-20/h5-7H,4,8H2,1-3H3,(H2,13,15,16,17). The summed E-state index contributed by atoms with van der Waals surface area (Å²) in [5.74, 6) is 0.710. The first-order chi connectivity index (χ1) is 10.0. The zero-order chi connectivity index (χ0) is 15.4. The minimum atomic E-state index is -0.0449. The van der Waals surface area contributed by atoms with Gasteiger partial charge in [0.05, 0.1) is 6.54 Å². The van der Waals surface area contributed by atoms with Crippen LogP contribution in [0.5, 0.6) is 0 Å². The fourth-order valence-electron chi connectivity index (χ4n) is 1.63. The maximum Gasteiger partial charge on any atom is 0.257 e. The number of likely N-dealkylation sites (N-methyl/N-ethyl adjacent to an activating group) is 2. The average molecular weight is 290 g/mol. The predicted molar refractivity (Wildman–Crippen MR) is 77.9 cm³/mol. The zero-order valence-electron chi connectivity index (χ0n) is 12.3. The number of carbonyl (C=O) groups excluding carboxylic acids is 1. The number of hydrogen-bond donors (Lipinski definition) is 1. The number of amides is 1. The lowest BCUT2D eigenvalue weighted by molar-refractivity contribution is -0.127. The second-order valence-electron chi connectivity index (χ2n) is 4.55.